The van der Waals surface area contributed by atoms with Crippen molar-refractivity contribution in [2.45, 2.75) is 38.8 Å². The van der Waals surface area contributed by atoms with Crippen molar-refractivity contribution in [1.82, 2.24) is 9.80 Å². The molecule has 5 nitrogen and oxygen atoms in total. The summed E-state index contributed by atoms with van der Waals surface area (Å²) in [5.41, 5.74) is 3.48. The van der Waals surface area contributed by atoms with Crippen LogP contribution in [0.4, 0.5) is 5.69 Å². The molecule has 1 N–H and O–H groups in total. The number of rotatable bonds is 6. The molecule has 1 amide bonds. The van der Waals surface area contributed by atoms with Gasteiger partial charge in [-0.2, -0.15) is 0 Å². The van der Waals surface area contributed by atoms with Crippen LogP contribution in [0.5, 0.6) is 5.75 Å². The zero-order valence-corrected chi connectivity index (χ0v) is 19.0. The lowest BCUT2D eigenvalue weighted by Crippen LogP contribution is -2.43. The summed E-state index contributed by atoms with van der Waals surface area (Å²) >= 11 is 0. The Labute approximate surface area is 186 Å². The average molecular weight is 422 g/mol. The number of aryl methyl sites for hydroxylation is 1. The number of methoxy groups -OCH3 is 1. The monoisotopic (exact) mass is 421 g/mol. The molecule has 2 aromatic carbocycles. The number of hydrogen-bond acceptors (Lipinski definition) is 4. The highest BCUT2D eigenvalue weighted by Crippen LogP contribution is 2.34. The normalized spacial score (nSPS) is 24.8. The Morgan fingerprint density at radius 2 is 2.00 bits per heavy atom. The van der Waals surface area contributed by atoms with Gasteiger partial charge in [0.15, 0.2) is 0 Å². The van der Waals surface area contributed by atoms with Gasteiger partial charge in [-0.15, -0.1) is 0 Å². The molecule has 0 radical (unpaired) electrons. The number of carbonyl (C=O) groups is 1. The summed E-state index contributed by atoms with van der Waals surface area (Å²) in [5, 5.41) is 3.09. The zero-order valence-electron chi connectivity index (χ0n) is 19.0. The SMILES string of the molecule is COc1ccccc1NC(=O)C1CC(C2CCCN(Cc3cccc(C)c3)C2)N(C)C1. The van der Waals surface area contributed by atoms with Crippen LogP contribution in [0.2, 0.25) is 0 Å². The lowest BCUT2D eigenvalue weighted by atomic mass is 9.87. The Kier molecular flexibility index (Phi) is 6.93. The molecular formula is C26H35N3O2. The van der Waals surface area contributed by atoms with Crippen LogP contribution in [0.15, 0.2) is 48.5 Å². The summed E-state index contributed by atoms with van der Waals surface area (Å²) in [4.78, 5) is 18.0. The lowest BCUT2D eigenvalue weighted by molar-refractivity contribution is -0.119. The van der Waals surface area contributed by atoms with E-state index in [0.29, 0.717) is 17.7 Å². The first-order valence-corrected chi connectivity index (χ1v) is 11.5. The zero-order chi connectivity index (χ0) is 21.8. The molecule has 4 rings (SSSR count). The number of para-hydroxylation sites is 2. The number of likely N-dealkylation sites (tertiary alicyclic amines) is 2. The van der Waals surface area contributed by atoms with Gasteiger partial charge in [0.1, 0.15) is 5.75 Å². The number of hydrogen-bond donors (Lipinski definition) is 1. The van der Waals surface area contributed by atoms with Crippen LogP contribution in [0, 0.1) is 18.8 Å². The van der Waals surface area contributed by atoms with E-state index in [1.807, 2.05) is 24.3 Å². The van der Waals surface area contributed by atoms with Crippen LogP contribution in [0.1, 0.15) is 30.4 Å². The summed E-state index contributed by atoms with van der Waals surface area (Å²) in [5.74, 6) is 1.45. The highest BCUT2D eigenvalue weighted by atomic mass is 16.5. The largest absolute Gasteiger partial charge is 0.495 e. The van der Waals surface area contributed by atoms with E-state index in [9.17, 15) is 4.79 Å². The van der Waals surface area contributed by atoms with E-state index in [4.69, 9.17) is 4.74 Å². The lowest BCUT2D eigenvalue weighted by Gasteiger charge is -2.38. The van der Waals surface area contributed by atoms with Gasteiger partial charge < -0.3 is 15.0 Å². The van der Waals surface area contributed by atoms with Crippen LogP contribution < -0.4 is 10.1 Å². The van der Waals surface area contributed by atoms with Gasteiger partial charge in [-0.05, 0) is 63.4 Å². The Morgan fingerprint density at radius 3 is 2.81 bits per heavy atom. The second-order valence-corrected chi connectivity index (χ2v) is 9.26. The molecule has 2 aliphatic rings. The number of anilines is 1. The first kappa shape index (κ1) is 21.8. The van der Waals surface area contributed by atoms with Crippen molar-refractivity contribution in [1.29, 1.82) is 0 Å². The molecule has 31 heavy (non-hydrogen) atoms. The third-order valence-electron chi connectivity index (χ3n) is 6.91. The van der Waals surface area contributed by atoms with Gasteiger partial charge in [0.2, 0.25) is 5.91 Å². The highest BCUT2D eigenvalue weighted by Gasteiger charge is 2.39. The third-order valence-corrected chi connectivity index (χ3v) is 6.91. The first-order valence-electron chi connectivity index (χ1n) is 11.5. The maximum absolute atomic E-state index is 13.0. The predicted molar refractivity (Wildman–Crippen MR) is 125 cm³/mol. The molecular weight excluding hydrogens is 386 g/mol. The number of nitrogens with one attached hydrogen (secondary N) is 1. The average Bonchev–Trinajstić information content (AvgIpc) is 3.16. The van der Waals surface area contributed by atoms with Crippen molar-refractivity contribution in [3.8, 4) is 5.75 Å². The Morgan fingerprint density at radius 1 is 1.16 bits per heavy atom. The van der Waals surface area contributed by atoms with Crippen molar-refractivity contribution in [3.63, 3.8) is 0 Å². The van der Waals surface area contributed by atoms with Crippen LogP contribution in [-0.4, -0.2) is 55.5 Å². The van der Waals surface area contributed by atoms with Crippen molar-refractivity contribution in [2.24, 2.45) is 11.8 Å². The van der Waals surface area contributed by atoms with Crippen LogP contribution >= 0.6 is 0 Å². The summed E-state index contributed by atoms with van der Waals surface area (Å²) in [6, 6.07) is 16.9. The topological polar surface area (TPSA) is 44.8 Å². The van der Waals surface area contributed by atoms with E-state index >= 15 is 0 Å². The fourth-order valence-electron chi connectivity index (χ4n) is 5.37. The van der Waals surface area contributed by atoms with Crippen LogP contribution in [0.25, 0.3) is 0 Å². The Balaban J connectivity index is 1.36. The number of carbonyl (C=O) groups excluding carboxylic acids is 1. The van der Waals surface area contributed by atoms with E-state index in [0.717, 1.165) is 31.7 Å². The smallest absolute Gasteiger partial charge is 0.228 e. The molecule has 2 saturated heterocycles. The fourth-order valence-corrected chi connectivity index (χ4v) is 5.37. The first-order chi connectivity index (χ1) is 15.0. The number of benzene rings is 2. The van der Waals surface area contributed by atoms with E-state index in [1.54, 1.807) is 7.11 Å². The minimum absolute atomic E-state index is 0.0204. The van der Waals surface area contributed by atoms with E-state index in [-0.39, 0.29) is 11.8 Å². The van der Waals surface area contributed by atoms with E-state index in [1.165, 1.54) is 30.5 Å². The van der Waals surface area contributed by atoms with Crippen molar-refractivity contribution in [2.75, 3.05) is 39.1 Å². The third kappa shape index (κ3) is 5.28. The fraction of sp³-hybridized carbons (Fsp3) is 0.500. The van der Waals surface area contributed by atoms with Gasteiger partial charge in [0, 0.05) is 25.7 Å². The van der Waals surface area contributed by atoms with E-state index < -0.39 is 0 Å². The maximum Gasteiger partial charge on any atom is 0.228 e. The summed E-state index contributed by atoms with van der Waals surface area (Å²) in [7, 11) is 3.82. The molecule has 5 heteroatoms. The molecule has 3 unspecified atom stereocenters. The molecule has 0 aliphatic carbocycles. The van der Waals surface area contributed by atoms with Gasteiger partial charge in [0.25, 0.3) is 0 Å². The number of amides is 1. The maximum atomic E-state index is 13.0. The van der Waals surface area contributed by atoms with E-state index in [2.05, 4.69) is 53.4 Å². The molecule has 0 spiro atoms. The van der Waals surface area contributed by atoms with Crippen molar-refractivity contribution < 1.29 is 9.53 Å². The summed E-state index contributed by atoms with van der Waals surface area (Å²) in [6.07, 6.45) is 3.42. The molecule has 2 aromatic rings. The van der Waals surface area contributed by atoms with Gasteiger partial charge in [-0.25, -0.2) is 0 Å². The molecule has 166 valence electrons. The van der Waals surface area contributed by atoms with Gasteiger partial charge >= 0.3 is 0 Å². The highest BCUT2D eigenvalue weighted by molar-refractivity contribution is 5.94. The minimum Gasteiger partial charge on any atom is -0.495 e. The molecule has 2 heterocycles. The second-order valence-electron chi connectivity index (χ2n) is 9.26. The van der Waals surface area contributed by atoms with Gasteiger partial charge in [-0.1, -0.05) is 42.0 Å². The van der Waals surface area contributed by atoms with Gasteiger partial charge in [0.05, 0.1) is 18.7 Å². The number of piperidine rings is 1. The minimum atomic E-state index is 0.0204. The van der Waals surface area contributed by atoms with Gasteiger partial charge in [-0.3, -0.25) is 9.69 Å². The number of nitrogens with zero attached hydrogens (tertiary/aromatic N) is 2. The van der Waals surface area contributed by atoms with Crippen LogP contribution in [-0.2, 0) is 11.3 Å². The molecule has 3 atom stereocenters. The molecule has 0 saturated carbocycles. The molecule has 2 aliphatic heterocycles. The standard InChI is InChI=1S/C26H35N3O2/c1-19-8-6-9-20(14-19)16-29-13-7-10-21(18-29)24-15-22(17-28(24)2)26(30)27-23-11-4-5-12-25(23)31-3/h4-6,8-9,11-12,14,21-22,24H,7,10,13,15-18H2,1-3H3,(H,27,30). The molecule has 0 aromatic heterocycles. The van der Waals surface area contributed by atoms with Crippen molar-refractivity contribution >= 4 is 11.6 Å². The summed E-state index contributed by atoms with van der Waals surface area (Å²) < 4.78 is 5.38. The quantitative estimate of drug-likeness (QED) is 0.760. The predicted octanol–water partition coefficient (Wildman–Crippen LogP) is 4.17. The second kappa shape index (κ2) is 9.84. The molecule has 0 bridgehead atoms. The molecule has 2 fully saturated rings. The van der Waals surface area contributed by atoms with Crippen molar-refractivity contribution in [3.05, 3.63) is 59.7 Å². The van der Waals surface area contributed by atoms with Crippen LogP contribution in [0.3, 0.4) is 0 Å². The summed E-state index contributed by atoms with van der Waals surface area (Å²) in [6.45, 7) is 6.28. The Bertz CT molecular complexity index is 900. The Hall–Kier alpha value is -2.37. The number of ether oxygens (including phenoxy) is 1.